The number of para-hydroxylation sites is 1. The number of amides is 1. The SMILES string of the molecule is C=Cc1ccc(C(=O)Nc2ccc(Cc3c(CC)[nH]c4ccccc34)cc2)cc1C=C. The fourth-order valence-corrected chi connectivity index (χ4v) is 3.95. The Balaban J connectivity index is 1.51. The van der Waals surface area contributed by atoms with E-state index in [1.807, 2.05) is 24.3 Å². The van der Waals surface area contributed by atoms with E-state index in [0.717, 1.165) is 29.7 Å². The van der Waals surface area contributed by atoms with Gasteiger partial charge in [-0.15, -0.1) is 0 Å². The highest BCUT2D eigenvalue weighted by Gasteiger charge is 2.11. The number of fused-ring (bicyclic) bond motifs is 1. The highest BCUT2D eigenvalue weighted by atomic mass is 16.1. The van der Waals surface area contributed by atoms with Crippen LogP contribution in [0.25, 0.3) is 23.1 Å². The third-order valence-corrected chi connectivity index (χ3v) is 5.64. The predicted molar refractivity (Wildman–Crippen MR) is 132 cm³/mol. The normalized spacial score (nSPS) is 10.7. The minimum Gasteiger partial charge on any atom is -0.358 e. The first kappa shape index (κ1) is 20.4. The van der Waals surface area contributed by atoms with Gasteiger partial charge >= 0.3 is 0 Å². The molecule has 2 N–H and O–H groups in total. The van der Waals surface area contributed by atoms with Crippen LogP contribution in [0.15, 0.2) is 79.9 Å². The minimum atomic E-state index is -0.142. The van der Waals surface area contributed by atoms with Crippen LogP contribution in [0.2, 0.25) is 0 Å². The second-order valence-corrected chi connectivity index (χ2v) is 7.56. The van der Waals surface area contributed by atoms with E-state index in [0.29, 0.717) is 5.56 Å². The molecule has 0 fully saturated rings. The fourth-order valence-electron chi connectivity index (χ4n) is 3.95. The standard InChI is InChI=1S/C28H26N2O/c1-4-20-13-14-22(18-21(20)5-2)28(31)29-23-15-11-19(12-16-23)17-25-24-9-7-8-10-27(24)30-26(25)6-3/h4-5,7-16,18,30H,1-2,6,17H2,3H3,(H,29,31). The van der Waals surface area contributed by atoms with Crippen molar-refractivity contribution >= 4 is 34.6 Å². The summed E-state index contributed by atoms with van der Waals surface area (Å²) >= 11 is 0. The molecule has 0 aliphatic heterocycles. The van der Waals surface area contributed by atoms with Crippen molar-refractivity contribution in [3.05, 3.63) is 113 Å². The zero-order chi connectivity index (χ0) is 21.8. The molecule has 3 aromatic carbocycles. The minimum absolute atomic E-state index is 0.142. The Hall–Kier alpha value is -3.85. The lowest BCUT2D eigenvalue weighted by molar-refractivity contribution is 0.102. The number of H-pyrrole nitrogens is 1. The first-order valence-corrected chi connectivity index (χ1v) is 10.5. The van der Waals surface area contributed by atoms with Gasteiger partial charge < -0.3 is 10.3 Å². The summed E-state index contributed by atoms with van der Waals surface area (Å²) in [7, 11) is 0. The third kappa shape index (κ3) is 4.22. The summed E-state index contributed by atoms with van der Waals surface area (Å²) in [5, 5.41) is 4.26. The molecule has 0 spiro atoms. The van der Waals surface area contributed by atoms with Crippen LogP contribution in [0.5, 0.6) is 0 Å². The number of hydrogen-bond donors (Lipinski definition) is 2. The lowest BCUT2D eigenvalue weighted by Crippen LogP contribution is -2.12. The molecular formula is C28H26N2O. The van der Waals surface area contributed by atoms with Crippen LogP contribution in [0.3, 0.4) is 0 Å². The van der Waals surface area contributed by atoms with Gasteiger partial charge in [0.15, 0.2) is 0 Å². The second-order valence-electron chi connectivity index (χ2n) is 7.56. The number of nitrogens with one attached hydrogen (secondary N) is 2. The summed E-state index contributed by atoms with van der Waals surface area (Å²) in [6.07, 6.45) is 5.32. The van der Waals surface area contributed by atoms with Gasteiger partial charge in [0.2, 0.25) is 0 Å². The Morgan fingerprint density at radius 3 is 2.42 bits per heavy atom. The molecule has 4 aromatic rings. The Bertz CT molecular complexity index is 1260. The van der Waals surface area contributed by atoms with Crippen LogP contribution in [0, 0.1) is 0 Å². The van der Waals surface area contributed by atoms with Crippen molar-refractivity contribution in [2.45, 2.75) is 19.8 Å². The highest BCUT2D eigenvalue weighted by molar-refractivity contribution is 6.04. The molecule has 3 nitrogen and oxygen atoms in total. The van der Waals surface area contributed by atoms with E-state index in [1.54, 1.807) is 18.2 Å². The lowest BCUT2D eigenvalue weighted by atomic mass is 10.0. The molecule has 0 atom stereocenters. The molecule has 4 rings (SSSR count). The topological polar surface area (TPSA) is 44.9 Å². The summed E-state index contributed by atoms with van der Waals surface area (Å²) in [6, 6.07) is 22.0. The molecule has 1 aromatic heterocycles. The van der Waals surface area contributed by atoms with Gasteiger partial charge in [0.1, 0.15) is 0 Å². The van der Waals surface area contributed by atoms with Gasteiger partial charge in [0, 0.05) is 27.8 Å². The van der Waals surface area contributed by atoms with Gasteiger partial charge in [-0.1, -0.05) is 68.6 Å². The zero-order valence-corrected chi connectivity index (χ0v) is 17.7. The van der Waals surface area contributed by atoms with Crippen molar-refractivity contribution in [1.29, 1.82) is 0 Å². The molecule has 0 saturated heterocycles. The molecule has 0 unspecified atom stereocenters. The largest absolute Gasteiger partial charge is 0.358 e. The Morgan fingerprint density at radius 1 is 0.968 bits per heavy atom. The lowest BCUT2D eigenvalue weighted by Gasteiger charge is -2.09. The molecule has 0 saturated carbocycles. The molecule has 0 aliphatic rings. The maximum Gasteiger partial charge on any atom is 0.255 e. The first-order chi connectivity index (χ1) is 15.1. The molecule has 0 bridgehead atoms. The summed E-state index contributed by atoms with van der Waals surface area (Å²) in [5.41, 5.74) is 8.23. The average molecular weight is 407 g/mol. The smallest absolute Gasteiger partial charge is 0.255 e. The number of hydrogen-bond acceptors (Lipinski definition) is 1. The summed E-state index contributed by atoms with van der Waals surface area (Å²) < 4.78 is 0. The second kappa shape index (κ2) is 8.88. The van der Waals surface area contributed by atoms with Gasteiger partial charge in [-0.2, -0.15) is 0 Å². The van der Waals surface area contributed by atoms with E-state index >= 15 is 0 Å². The van der Waals surface area contributed by atoms with Crippen LogP contribution >= 0.6 is 0 Å². The molecule has 31 heavy (non-hydrogen) atoms. The molecule has 3 heteroatoms. The number of benzene rings is 3. The van der Waals surface area contributed by atoms with E-state index in [2.05, 4.69) is 66.8 Å². The van der Waals surface area contributed by atoms with E-state index in [1.165, 1.54) is 27.7 Å². The maximum absolute atomic E-state index is 12.7. The quantitative estimate of drug-likeness (QED) is 0.346. The van der Waals surface area contributed by atoms with E-state index in [-0.39, 0.29) is 5.91 Å². The summed E-state index contributed by atoms with van der Waals surface area (Å²) in [5.74, 6) is -0.142. The number of carbonyl (C=O) groups excluding carboxylic acids is 1. The Kier molecular flexibility index (Phi) is 5.85. The van der Waals surface area contributed by atoms with Crippen molar-refractivity contribution < 1.29 is 4.79 Å². The van der Waals surface area contributed by atoms with Gasteiger partial charge in [-0.05, 0) is 65.4 Å². The molecule has 0 aliphatic carbocycles. The summed E-state index contributed by atoms with van der Waals surface area (Å²) in [6.45, 7) is 9.78. The number of carbonyl (C=O) groups is 1. The van der Waals surface area contributed by atoms with Gasteiger partial charge in [0.25, 0.3) is 5.91 Å². The van der Waals surface area contributed by atoms with E-state index < -0.39 is 0 Å². The van der Waals surface area contributed by atoms with Crippen molar-refractivity contribution in [2.75, 3.05) is 5.32 Å². The number of aromatic nitrogens is 1. The monoisotopic (exact) mass is 406 g/mol. The van der Waals surface area contributed by atoms with Gasteiger partial charge in [0.05, 0.1) is 0 Å². The van der Waals surface area contributed by atoms with Gasteiger partial charge in [-0.25, -0.2) is 0 Å². The van der Waals surface area contributed by atoms with Crippen LogP contribution in [-0.2, 0) is 12.8 Å². The fraction of sp³-hybridized carbons (Fsp3) is 0.107. The Labute approximate surface area is 183 Å². The summed E-state index contributed by atoms with van der Waals surface area (Å²) in [4.78, 5) is 16.2. The molecular weight excluding hydrogens is 380 g/mol. The Morgan fingerprint density at radius 2 is 1.71 bits per heavy atom. The average Bonchev–Trinajstić information content (AvgIpc) is 3.17. The van der Waals surface area contributed by atoms with Gasteiger partial charge in [-0.3, -0.25) is 4.79 Å². The molecule has 1 heterocycles. The predicted octanol–water partition coefficient (Wildman–Crippen LogP) is 6.86. The number of rotatable bonds is 7. The molecule has 154 valence electrons. The van der Waals surface area contributed by atoms with E-state index in [4.69, 9.17) is 0 Å². The number of aromatic amines is 1. The zero-order valence-electron chi connectivity index (χ0n) is 17.7. The number of aryl methyl sites for hydroxylation is 1. The van der Waals surface area contributed by atoms with Crippen molar-refractivity contribution in [3.63, 3.8) is 0 Å². The van der Waals surface area contributed by atoms with Crippen molar-refractivity contribution in [3.8, 4) is 0 Å². The van der Waals surface area contributed by atoms with Crippen LogP contribution in [0.4, 0.5) is 5.69 Å². The van der Waals surface area contributed by atoms with Crippen LogP contribution in [0.1, 0.15) is 45.2 Å². The third-order valence-electron chi connectivity index (χ3n) is 5.64. The highest BCUT2D eigenvalue weighted by Crippen LogP contribution is 2.26. The van der Waals surface area contributed by atoms with E-state index in [9.17, 15) is 4.79 Å². The molecule has 1 amide bonds. The number of anilines is 1. The molecule has 0 radical (unpaired) electrons. The first-order valence-electron chi connectivity index (χ1n) is 10.5. The maximum atomic E-state index is 12.7. The van der Waals surface area contributed by atoms with Crippen molar-refractivity contribution in [2.24, 2.45) is 0 Å². The van der Waals surface area contributed by atoms with Crippen molar-refractivity contribution in [1.82, 2.24) is 4.98 Å². The van der Waals surface area contributed by atoms with Crippen LogP contribution in [-0.4, -0.2) is 10.9 Å². The van der Waals surface area contributed by atoms with Crippen LogP contribution < -0.4 is 5.32 Å².